The van der Waals surface area contributed by atoms with Crippen molar-refractivity contribution in [1.82, 2.24) is 5.32 Å². The molecule has 1 atom stereocenters. The molecule has 0 heterocycles. The number of rotatable bonds is 7. The quantitative estimate of drug-likeness (QED) is 0.738. The minimum absolute atomic E-state index is 0.307. The third kappa shape index (κ3) is 4.69. The Labute approximate surface area is 102 Å². The van der Waals surface area contributed by atoms with Crippen LogP contribution in [0.25, 0.3) is 0 Å². The largest absolute Gasteiger partial charge is 0.492 e. The molecule has 0 bridgehead atoms. The molecule has 1 rings (SSSR count). The van der Waals surface area contributed by atoms with E-state index in [1.165, 1.54) is 0 Å². The molecule has 1 aromatic carbocycles. The first-order valence-corrected chi connectivity index (χ1v) is 5.86. The van der Waals surface area contributed by atoms with Gasteiger partial charge in [0.05, 0.1) is 0 Å². The van der Waals surface area contributed by atoms with E-state index in [0.29, 0.717) is 17.7 Å². The average molecular weight is 240 g/mol. The van der Waals surface area contributed by atoms with E-state index in [0.717, 1.165) is 18.7 Å². The second-order valence-corrected chi connectivity index (χ2v) is 3.98. The van der Waals surface area contributed by atoms with E-state index in [9.17, 15) is 0 Å². The van der Waals surface area contributed by atoms with E-state index in [-0.39, 0.29) is 0 Å². The lowest BCUT2D eigenvalue weighted by Gasteiger charge is -2.16. The van der Waals surface area contributed by atoms with Crippen LogP contribution in [0.1, 0.15) is 13.3 Å². The maximum Gasteiger partial charge on any atom is 0.120 e. The maximum absolute atomic E-state index is 5.87. The van der Waals surface area contributed by atoms with Crippen LogP contribution < -0.4 is 10.1 Å². The molecule has 1 N–H and O–H groups in total. The van der Waals surface area contributed by atoms with Crippen LogP contribution in [0, 0.1) is 0 Å². The normalized spacial score (nSPS) is 12.1. The Morgan fingerprint density at radius 2 is 2.38 bits per heavy atom. The Balaban J connectivity index is 2.44. The van der Waals surface area contributed by atoms with Crippen LogP contribution in [0.5, 0.6) is 5.75 Å². The molecule has 16 heavy (non-hydrogen) atoms. The molecule has 0 aliphatic carbocycles. The summed E-state index contributed by atoms with van der Waals surface area (Å²) in [4.78, 5) is 0. The minimum atomic E-state index is 0.307. The molecule has 0 aromatic heterocycles. The van der Waals surface area contributed by atoms with Crippen molar-refractivity contribution in [2.24, 2.45) is 0 Å². The smallest absolute Gasteiger partial charge is 0.120 e. The Morgan fingerprint density at radius 3 is 3.00 bits per heavy atom. The first-order valence-electron chi connectivity index (χ1n) is 5.49. The van der Waals surface area contributed by atoms with Crippen LogP contribution >= 0.6 is 11.6 Å². The van der Waals surface area contributed by atoms with E-state index in [2.05, 4.69) is 18.8 Å². The molecule has 0 fully saturated rings. The lowest BCUT2D eigenvalue weighted by atomic mass is 10.2. The molecule has 0 saturated heterocycles. The zero-order valence-electron chi connectivity index (χ0n) is 9.58. The maximum atomic E-state index is 5.87. The molecule has 0 amide bonds. The predicted octanol–water partition coefficient (Wildman–Crippen LogP) is 3.27. The van der Waals surface area contributed by atoms with Gasteiger partial charge in [-0.3, -0.25) is 0 Å². The molecule has 0 saturated carbocycles. The highest BCUT2D eigenvalue weighted by Crippen LogP contribution is 2.17. The van der Waals surface area contributed by atoms with Crippen molar-refractivity contribution >= 4 is 11.6 Å². The SMILES string of the molecule is C=CCC(COc1cccc(Cl)c1)NCC. The van der Waals surface area contributed by atoms with Crippen molar-refractivity contribution in [3.63, 3.8) is 0 Å². The Morgan fingerprint density at radius 1 is 1.56 bits per heavy atom. The molecule has 0 aliphatic heterocycles. The van der Waals surface area contributed by atoms with Gasteiger partial charge < -0.3 is 10.1 Å². The van der Waals surface area contributed by atoms with Gasteiger partial charge in [-0.05, 0) is 31.2 Å². The average Bonchev–Trinajstić information content (AvgIpc) is 2.27. The summed E-state index contributed by atoms with van der Waals surface area (Å²) in [6.45, 7) is 7.37. The fourth-order valence-corrected chi connectivity index (χ4v) is 1.63. The van der Waals surface area contributed by atoms with E-state index in [4.69, 9.17) is 16.3 Å². The summed E-state index contributed by atoms with van der Waals surface area (Å²) in [5.41, 5.74) is 0. The predicted molar refractivity (Wildman–Crippen MR) is 69.2 cm³/mol. The summed E-state index contributed by atoms with van der Waals surface area (Å²) in [6.07, 6.45) is 2.79. The molecule has 2 nitrogen and oxygen atoms in total. The Kier molecular flexibility index (Phi) is 5.98. The summed E-state index contributed by atoms with van der Waals surface area (Å²) in [5.74, 6) is 0.805. The first-order chi connectivity index (χ1) is 7.76. The zero-order chi connectivity index (χ0) is 11.8. The first kappa shape index (κ1) is 13.1. The molecule has 88 valence electrons. The highest BCUT2D eigenvalue weighted by atomic mass is 35.5. The van der Waals surface area contributed by atoms with Crippen LogP contribution in [0.15, 0.2) is 36.9 Å². The van der Waals surface area contributed by atoms with E-state index < -0.39 is 0 Å². The lowest BCUT2D eigenvalue weighted by molar-refractivity contribution is 0.266. The summed E-state index contributed by atoms with van der Waals surface area (Å²) in [7, 11) is 0. The number of nitrogens with one attached hydrogen (secondary N) is 1. The number of ether oxygens (including phenoxy) is 1. The van der Waals surface area contributed by atoms with Gasteiger partial charge in [-0.25, -0.2) is 0 Å². The van der Waals surface area contributed by atoms with E-state index in [1.54, 1.807) is 0 Å². The Bertz CT molecular complexity index is 327. The van der Waals surface area contributed by atoms with Gasteiger partial charge in [0.25, 0.3) is 0 Å². The van der Waals surface area contributed by atoms with Crippen molar-refractivity contribution in [2.75, 3.05) is 13.2 Å². The highest BCUT2D eigenvalue weighted by Gasteiger charge is 2.05. The van der Waals surface area contributed by atoms with E-state index in [1.807, 2.05) is 30.3 Å². The van der Waals surface area contributed by atoms with Gasteiger partial charge in [-0.2, -0.15) is 0 Å². The van der Waals surface area contributed by atoms with Crippen LogP contribution in [-0.4, -0.2) is 19.2 Å². The van der Waals surface area contributed by atoms with Gasteiger partial charge in [-0.1, -0.05) is 30.7 Å². The van der Waals surface area contributed by atoms with Gasteiger partial charge in [0.15, 0.2) is 0 Å². The second kappa shape index (κ2) is 7.31. The van der Waals surface area contributed by atoms with Crippen molar-refractivity contribution in [1.29, 1.82) is 0 Å². The molecule has 0 aliphatic rings. The molecule has 0 radical (unpaired) electrons. The molecule has 3 heteroatoms. The summed E-state index contributed by atoms with van der Waals surface area (Å²) >= 11 is 5.87. The number of halogens is 1. The summed E-state index contributed by atoms with van der Waals surface area (Å²) < 4.78 is 5.66. The fourth-order valence-electron chi connectivity index (χ4n) is 1.45. The van der Waals surface area contributed by atoms with Crippen molar-refractivity contribution in [3.8, 4) is 5.75 Å². The summed E-state index contributed by atoms with van der Waals surface area (Å²) in [5, 5.41) is 4.03. The monoisotopic (exact) mass is 239 g/mol. The molecule has 0 spiro atoms. The molecule has 1 unspecified atom stereocenters. The Hall–Kier alpha value is -0.990. The standard InChI is InChI=1S/C13H18ClNO/c1-3-6-12(15-4-2)10-16-13-8-5-7-11(14)9-13/h3,5,7-9,12,15H,1,4,6,10H2,2H3. The highest BCUT2D eigenvalue weighted by molar-refractivity contribution is 6.30. The van der Waals surface area contributed by atoms with Crippen molar-refractivity contribution in [3.05, 3.63) is 41.9 Å². The van der Waals surface area contributed by atoms with Crippen molar-refractivity contribution in [2.45, 2.75) is 19.4 Å². The molecular weight excluding hydrogens is 222 g/mol. The number of hydrogen-bond acceptors (Lipinski definition) is 2. The molecular formula is C13H18ClNO. The topological polar surface area (TPSA) is 21.3 Å². The van der Waals surface area contributed by atoms with Gasteiger partial charge in [0.2, 0.25) is 0 Å². The minimum Gasteiger partial charge on any atom is -0.492 e. The zero-order valence-corrected chi connectivity index (χ0v) is 10.3. The number of hydrogen-bond donors (Lipinski definition) is 1. The number of likely N-dealkylation sites (N-methyl/N-ethyl adjacent to an activating group) is 1. The number of benzene rings is 1. The van der Waals surface area contributed by atoms with Gasteiger partial charge in [-0.15, -0.1) is 6.58 Å². The van der Waals surface area contributed by atoms with Crippen LogP contribution in [0.2, 0.25) is 5.02 Å². The van der Waals surface area contributed by atoms with Gasteiger partial charge in [0, 0.05) is 11.1 Å². The van der Waals surface area contributed by atoms with Crippen LogP contribution in [0.4, 0.5) is 0 Å². The van der Waals surface area contributed by atoms with Gasteiger partial charge in [0.1, 0.15) is 12.4 Å². The fraction of sp³-hybridized carbons (Fsp3) is 0.385. The lowest BCUT2D eigenvalue weighted by Crippen LogP contribution is -2.34. The van der Waals surface area contributed by atoms with Crippen LogP contribution in [-0.2, 0) is 0 Å². The third-order valence-corrected chi connectivity index (χ3v) is 2.43. The summed E-state index contributed by atoms with van der Waals surface area (Å²) in [6, 6.07) is 7.75. The van der Waals surface area contributed by atoms with E-state index >= 15 is 0 Å². The second-order valence-electron chi connectivity index (χ2n) is 3.55. The van der Waals surface area contributed by atoms with Crippen molar-refractivity contribution < 1.29 is 4.74 Å². The third-order valence-electron chi connectivity index (χ3n) is 2.19. The molecule has 1 aromatic rings. The van der Waals surface area contributed by atoms with Gasteiger partial charge >= 0.3 is 0 Å². The van der Waals surface area contributed by atoms with Crippen LogP contribution in [0.3, 0.4) is 0 Å².